The van der Waals surface area contributed by atoms with Crippen LogP contribution in [0.5, 0.6) is 0 Å². The van der Waals surface area contributed by atoms with E-state index in [4.69, 9.17) is 5.73 Å². The van der Waals surface area contributed by atoms with Gasteiger partial charge in [0.15, 0.2) is 0 Å². The van der Waals surface area contributed by atoms with E-state index >= 15 is 0 Å². The van der Waals surface area contributed by atoms with E-state index in [1.807, 2.05) is 7.05 Å². The average Bonchev–Trinajstić information content (AvgIpc) is 2.19. The zero-order valence-electron chi connectivity index (χ0n) is 10.9. The molecule has 1 heterocycles. The Morgan fingerprint density at radius 1 is 1.35 bits per heavy atom. The molecule has 1 aliphatic rings. The first-order valence-electron chi connectivity index (χ1n) is 5.98. The summed E-state index contributed by atoms with van der Waals surface area (Å²) in [4.78, 5) is 2.18. The second kappa shape index (κ2) is 5.62. The third-order valence-corrected chi connectivity index (χ3v) is 4.56. The Morgan fingerprint density at radius 3 is 2.29 bits per heavy atom. The van der Waals surface area contributed by atoms with E-state index in [-0.39, 0.29) is 6.04 Å². The van der Waals surface area contributed by atoms with Crippen molar-refractivity contribution in [3.8, 4) is 0 Å². The normalized spacial score (nSPS) is 21.9. The van der Waals surface area contributed by atoms with Crippen molar-refractivity contribution in [2.45, 2.75) is 38.3 Å². The lowest BCUT2D eigenvalue weighted by molar-refractivity contribution is 0.181. The van der Waals surface area contributed by atoms with Crippen LogP contribution in [-0.4, -0.2) is 51.6 Å². The van der Waals surface area contributed by atoms with Gasteiger partial charge in [-0.2, -0.15) is 17.9 Å². The van der Waals surface area contributed by atoms with Gasteiger partial charge < -0.3 is 10.6 Å². The smallest absolute Gasteiger partial charge is 0.277 e. The minimum absolute atomic E-state index is 0.117. The highest BCUT2D eigenvalue weighted by Crippen LogP contribution is 2.21. The summed E-state index contributed by atoms with van der Waals surface area (Å²) in [6, 6.07) is -0.117. The third-order valence-electron chi connectivity index (χ3n) is 3.08. The maximum Gasteiger partial charge on any atom is 0.277 e. The minimum atomic E-state index is -3.47. The van der Waals surface area contributed by atoms with Gasteiger partial charge >= 0.3 is 0 Å². The van der Waals surface area contributed by atoms with Crippen molar-refractivity contribution >= 4 is 10.2 Å². The van der Waals surface area contributed by atoms with Crippen molar-refractivity contribution in [1.29, 1.82) is 0 Å². The van der Waals surface area contributed by atoms with Crippen molar-refractivity contribution < 1.29 is 8.42 Å². The van der Waals surface area contributed by atoms with E-state index < -0.39 is 15.7 Å². The number of hydrogen-bond donors (Lipinski definition) is 3. The van der Waals surface area contributed by atoms with Crippen LogP contribution in [0.25, 0.3) is 0 Å². The molecule has 0 spiro atoms. The topological polar surface area (TPSA) is 87.5 Å². The van der Waals surface area contributed by atoms with Crippen LogP contribution in [0, 0.1) is 0 Å². The van der Waals surface area contributed by atoms with Crippen LogP contribution in [0.15, 0.2) is 0 Å². The molecule has 0 radical (unpaired) electrons. The maximum atomic E-state index is 11.9. The highest BCUT2D eigenvalue weighted by atomic mass is 32.2. The Hall–Kier alpha value is -0.210. The fourth-order valence-electron chi connectivity index (χ4n) is 2.02. The summed E-state index contributed by atoms with van der Waals surface area (Å²) in [6.07, 6.45) is 1.50. The zero-order chi connectivity index (χ0) is 13.1. The molecule has 17 heavy (non-hydrogen) atoms. The number of hydrogen-bond acceptors (Lipinski definition) is 4. The first-order chi connectivity index (χ1) is 7.79. The molecule has 1 aliphatic heterocycles. The molecule has 4 N–H and O–H groups in total. The first kappa shape index (κ1) is 14.8. The summed E-state index contributed by atoms with van der Waals surface area (Å²) < 4.78 is 29.0. The van der Waals surface area contributed by atoms with Gasteiger partial charge in [0.05, 0.1) is 0 Å². The highest BCUT2D eigenvalue weighted by molar-refractivity contribution is 7.87. The van der Waals surface area contributed by atoms with E-state index in [1.54, 1.807) is 13.8 Å². The van der Waals surface area contributed by atoms with E-state index in [2.05, 4.69) is 14.3 Å². The van der Waals surface area contributed by atoms with E-state index in [0.717, 1.165) is 25.9 Å². The molecule has 6 nitrogen and oxygen atoms in total. The molecule has 0 saturated carbocycles. The van der Waals surface area contributed by atoms with Crippen molar-refractivity contribution in [2.24, 2.45) is 5.73 Å². The summed E-state index contributed by atoms with van der Waals surface area (Å²) in [5, 5.41) is 0. The van der Waals surface area contributed by atoms with Crippen LogP contribution < -0.4 is 15.2 Å². The minimum Gasteiger partial charge on any atom is -0.329 e. The lowest BCUT2D eigenvalue weighted by Crippen LogP contribution is -2.61. The second-order valence-corrected chi connectivity index (χ2v) is 6.61. The molecule has 102 valence electrons. The van der Waals surface area contributed by atoms with E-state index in [0.29, 0.717) is 6.54 Å². The molecule has 0 aromatic heterocycles. The molecule has 0 unspecified atom stereocenters. The summed E-state index contributed by atoms with van der Waals surface area (Å²) in [5.41, 5.74) is 5.26. The fraction of sp³-hybridized carbons (Fsp3) is 1.00. The molecule has 1 saturated heterocycles. The summed E-state index contributed by atoms with van der Waals surface area (Å²) in [6.45, 7) is 5.65. The monoisotopic (exact) mass is 264 g/mol. The van der Waals surface area contributed by atoms with E-state index in [9.17, 15) is 8.42 Å². The Morgan fingerprint density at radius 2 is 1.88 bits per heavy atom. The van der Waals surface area contributed by atoms with Crippen LogP contribution >= 0.6 is 0 Å². The number of likely N-dealkylation sites (tertiary alicyclic amines) is 1. The highest BCUT2D eigenvalue weighted by Gasteiger charge is 2.36. The number of rotatable bonds is 5. The third kappa shape index (κ3) is 4.51. The Bertz CT molecular complexity index is 334. The van der Waals surface area contributed by atoms with Crippen LogP contribution in [-0.2, 0) is 10.2 Å². The molecule has 7 heteroatoms. The fourth-order valence-corrected chi connectivity index (χ4v) is 3.56. The Kier molecular flexibility index (Phi) is 4.91. The van der Waals surface area contributed by atoms with Crippen molar-refractivity contribution in [3.05, 3.63) is 0 Å². The van der Waals surface area contributed by atoms with Gasteiger partial charge in [0.2, 0.25) is 0 Å². The molecule has 0 aromatic carbocycles. The van der Waals surface area contributed by atoms with E-state index in [1.165, 1.54) is 0 Å². The lowest BCUT2D eigenvalue weighted by atomic mass is 9.89. The van der Waals surface area contributed by atoms with Gasteiger partial charge in [0.25, 0.3) is 10.2 Å². The SMILES string of the molecule is CC(C)NS(=O)(=O)NC1(CN)CCN(C)CC1. The van der Waals surface area contributed by atoms with Crippen LogP contribution in [0.3, 0.4) is 0 Å². The lowest BCUT2D eigenvalue weighted by Gasteiger charge is -2.40. The first-order valence-corrected chi connectivity index (χ1v) is 7.47. The predicted molar refractivity (Wildman–Crippen MR) is 68.8 cm³/mol. The molecule has 0 aliphatic carbocycles. The van der Waals surface area contributed by atoms with Crippen LogP contribution in [0.4, 0.5) is 0 Å². The van der Waals surface area contributed by atoms with Gasteiger partial charge in [-0.1, -0.05) is 0 Å². The quantitative estimate of drug-likeness (QED) is 0.609. The molecule has 0 atom stereocenters. The number of nitrogens with one attached hydrogen (secondary N) is 2. The molecule has 1 fully saturated rings. The van der Waals surface area contributed by atoms with Gasteiger partial charge in [-0.25, -0.2) is 0 Å². The van der Waals surface area contributed by atoms with Gasteiger partial charge in [0.1, 0.15) is 0 Å². The Balaban J connectivity index is 2.69. The largest absolute Gasteiger partial charge is 0.329 e. The predicted octanol–water partition coefficient (Wildman–Crippen LogP) is -0.758. The second-order valence-electron chi connectivity index (χ2n) is 5.17. The molecular weight excluding hydrogens is 240 g/mol. The number of nitrogens with zero attached hydrogens (tertiary/aromatic N) is 1. The van der Waals surface area contributed by atoms with Crippen LogP contribution in [0.2, 0.25) is 0 Å². The summed E-state index contributed by atoms with van der Waals surface area (Å²) >= 11 is 0. The van der Waals surface area contributed by atoms with Gasteiger partial charge in [-0.05, 0) is 46.8 Å². The standard InChI is InChI=1S/C10H24N4O2S/c1-9(2)12-17(15,16)13-10(8-11)4-6-14(3)7-5-10/h9,12-13H,4-8,11H2,1-3H3. The summed E-state index contributed by atoms with van der Waals surface area (Å²) in [7, 11) is -1.44. The average molecular weight is 264 g/mol. The van der Waals surface area contributed by atoms with Crippen molar-refractivity contribution in [2.75, 3.05) is 26.7 Å². The van der Waals surface area contributed by atoms with Crippen molar-refractivity contribution in [3.63, 3.8) is 0 Å². The number of nitrogens with two attached hydrogens (primary N) is 1. The van der Waals surface area contributed by atoms with Gasteiger partial charge in [-0.3, -0.25) is 0 Å². The van der Waals surface area contributed by atoms with Gasteiger partial charge in [-0.15, -0.1) is 0 Å². The molecule has 0 aromatic rings. The molecule has 0 bridgehead atoms. The maximum absolute atomic E-state index is 11.9. The molecule has 0 amide bonds. The zero-order valence-corrected chi connectivity index (χ0v) is 11.7. The molecule has 1 rings (SSSR count). The van der Waals surface area contributed by atoms with Crippen LogP contribution in [0.1, 0.15) is 26.7 Å². The summed E-state index contributed by atoms with van der Waals surface area (Å²) in [5.74, 6) is 0. The van der Waals surface area contributed by atoms with Crippen molar-refractivity contribution in [1.82, 2.24) is 14.3 Å². The molecular formula is C10H24N4O2S. The number of piperidine rings is 1. The Labute approximate surface area is 104 Å². The van der Waals surface area contributed by atoms with Gasteiger partial charge in [0, 0.05) is 18.1 Å².